The van der Waals surface area contributed by atoms with Crippen molar-refractivity contribution in [3.63, 3.8) is 0 Å². The average Bonchev–Trinajstić information content (AvgIpc) is 2.94. The van der Waals surface area contributed by atoms with Gasteiger partial charge in [-0.25, -0.2) is 4.79 Å². The number of nitrogens with one attached hydrogen (secondary N) is 2. The maximum atomic E-state index is 12.0. The number of carbonyl (C=O) groups is 1. The molecule has 2 N–H and O–H groups in total. The van der Waals surface area contributed by atoms with Crippen LogP contribution in [0.2, 0.25) is 0 Å². The lowest BCUT2D eigenvalue weighted by molar-refractivity contribution is -0.120. The Labute approximate surface area is 138 Å². The van der Waals surface area contributed by atoms with E-state index in [9.17, 15) is 9.59 Å². The smallest absolute Gasteiger partial charge is 0.417 e. The molecule has 1 heterocycles. The van der Waals surface area contributed by atoms with Gasteiger partial charge in [0, 0.05) is 6.54 Å². The fourth-order valence-electron chi connectivity index (χ4n) is 2.42. The highest BCUT2D eigenvalue weighted by Crippen LogP contribution is 2.13. The summed E-state index contributed by atoms with van der Waals surface area (Å²) in [4.78, 5) is 25.8. The lowest BCUT2D eigenvalue weighted by Gasteiger charge is -2.07. The molecule has 24 heavy (non-hydrogen) atoms. The van der Waals surface area contributed by atoms with Crippen LogP contribution in [0.15, 0.2) is 51.7 Å². The molecule has 0 radical (unpaired) electrons. The summed E-state index contributed by atoms with van der Waals surface area (Å²) in [7, 11) is 0. The van der Waals surface area contributed by atoms with Gasteiger partial charge in [-0.1, -0.05) is 18.2 Å². The molecule has 0 aliphatic rings. The summed E-state index contributed by atoms with van der Waals surface area (Å²) in [6, 6.07) is 12.8. The minimum atomic E-state index is -0.485. The molecule has 6 nitrogen and oxygen atoms in total. The van der Waals surface area contributed by atoms with Crippen LogP contribution in [0, 0.1) is 0 Å². The van der Waals surface area contributed by atoms with Crippen LogP contribution in [0.4, 0.5) is 0 Å². The molecule has 0 spiro atoms. The molecular weight excluding hydrogens is 308 g/mol. The van der Waals surface area contributed by atoms with Gasteiger partial charge in [-0.15, -0.1) is 0 Å². The molecule has 0 aliphatic heterocycles. The fraction of sp³-hybridized carbons (Fsp3) is 0.222. The number of H-pyrrole nitrogens is 1. The summed E-state index contributed by atoms with van der Waals surface area (Å²) in [6.45, 7) is 2.92. The number of carbonyl (C=O) groups excluding carboxylic acids is 1. The van der Waals surface area contributed by atoms with E-state index >= 15 is 0 Å². The van der Waals surface area contributed by atoms with Gasteiger partial charge >= 0.3 is 5.76 Å². The Morgan fingerprint density at radius 2 is 1.92 bits per heavy atom. The van der Waals surface area contributed by atoms with Crippen LogP contribution in [0.5, 0.6) is 5.75 Å². The lowest BCUT2D eigenvalue weighted by atomic mass is 10.1. The fourth-order valence-corrected chi connectivity index (χ4v) is 2.42. The summed E-state index contributed by atoms with van der Waals surface area (Å²) in [5.74, 6) is 0.236. The van der Waals surface area contributed by atoms with Gasteiger partial charge in [0.05, 0.1) is 18.5 Å². The monoisotopic (exact) mass is 326 g/mol. The summed E-state index contributed by atoms with van der Waals surface area (Å²) in [5, 5.41) is 2.86. The number of amides is 1. The highest BCUT2D eigenvalue weighted by molar-refractivity contribution is 5.79. The Hall–Kier alpha value is -3.02. The maximum Gasteiger partial charge on any atom is 0.417 e. The van der Waals surface area contributed by atoms with Crippen molar-refractivity contribution in [3.8, 4) is 5.75 Å². The van der Waals surface area contributed by atoms with Gasteiger partial charge in [-0.3, -0.25) is 9.78 Å². The molecule has 0 aliphatic carbocycles. The van der Waals surface area contributed by atoms with Crippen molar-refractivity contribution in [2.45, 2.75) is 19.9 Å². The predicted octanol–water partition coefficient (Wildman–Crippen LogP) is 2.38. The largest absolute Gasteiger partial charge is 0.494 e. The molecule has 0 saturated heterocycles. The van der Waals surface area contributed by atoms with E-state index in [1.165, 1.54) is 0 Å². The second kappa shape index (κ2) is 7.04. The third-order valence-corrected chi connectivity index (χ3v) is 3.57. The van der Waals surface area contributed by atoms with Gasteiger partial charge in [-0.05, 0) is 42.3 Å². The van der Waals surface area contributed by atoms with E-state index in [4.69, 9.17) is 9.15 Å². The molecule has 124 valence electrons. The molecule has 1 amide bonds. The molecule has 0 bridgehead atoms. The van der Waals surface area contributed by atoms with Gasteiger partial charge in [0.25, 0.3) is 0 Å². The lowest BCUT2D eigenvalue weighted by Crippen LogP contribution is -2.24. The van der Waals surface area contributed by atoms with Gasteiger partial charge in [-0.2, -0.15) is 0 Å². The van der Waals surface area contributed by atoms with E-state index in [2.05, 4.69) is 10.3 Å². The highest BCUT2D eigenvalue weighted by Gasteiger charge is 2.06. The Balaban J connectivity index is 1.56. The zero-order valence-corrected chi connectivity index (χ0v) is 13.3. The van der Waals surface area contributed by atoms with Crippen molar-refractivity contribution < 1.29 is 13.9 Å². The molecule has 0 saturated carbocycles. The van der Waals surface area contributed by atoms with Crippen molar-refractivity contribution in [1.82, 2.24) is 10.3 Å². The number of rotatable bonds is 6. The van der Waals surface area contributed by atoms with Crippen LogP contribution in [-0.4, -0.2) is 17.5 Å². The topological polar surface area (TPSA) is 84.3 Å². The van der Waals surface area contributed by atoms with Crippen molar-refractivity contribution in [3.05, 3.63) is 64.1 Å². The standard InChI is InChI=1S/C18H18N2O4/c1-2-23-14-6-3-12(4-7-14)10-17(21)19-11-13-5-8-15-16(9-13)24-18(22)20-15/h3-9H,2,10-11H2,1H3,(H,19,21)(H,20,22). The third kappa shape index (κ3) is 3.84. The predicted molar refractivity (Wildman–Crippen MR) is 90.0 cm³/mol. The van der Waals surface area contributed by atoms with Crippen molar-refractivity contribution in [2.24, 2.45) is 0 Å². The summed E-state index contributed by atoms with van der Waals surface area (Å²) < 4.78 is 10.4. The van der Waals surface area contributed by atoms with Crippen LogP contribution < -0.4 is 15.8 Å². The van der Waals surface area contributed by atoms with E-state index < -0.39 is 5.76 Å². The van der Waals surface area contributed by atoms with Crippen molar-refractivity contribution in [1.29, 1.82) is 0 Å². The molecule has 0 unspecified atom stereocenters. The third-order valence-electron chi connectivity index (χ3n) is 3.57. The van der Waals surface area contributed by atoms with Crippen LogP contribution in [0.1, 0.15) is 18.1 Å². The first-order valence-electron chi connectivity index (χ1n) is 7.74. The SMILES string of the molecule is CCOc1ccc(CC(=O)NCc2ccc3[nH]c(=O)oc3c2)cc1. The Morgan fingerprint density at radius 1 is 1.17 bits per heavy atom. The summed E-state index contributed by atoms with van der Waals surface area (Å²) in [6.07, 6.45) is 0.299. The minimum absolute atomic E-state index is 0.0743. The van der Waals surface area contributed by atoms with Crippen molar-refractivity contribution in [2.75, 3.05) is 6.61 Å². The average molecular weight is 326 g/mol. The number of hydrogen-bond donors (Lipinski definition) is 2. The highest BCUT2D eigenvalue weighted by atomic mass is 16.5. The van der Waals surface area contributed by atoms with Crippen LogP contribution in [0.25, 0.3) is 11.1 Å². The number of benzene rings is 2. The molecular formula is C18H18N2O4. The van der Waals surface area contributed by atoms with E-state index in [0.29, 0.717) is 30.7 Å². The molecule has 3 aromatic rings. The Morgan fingerprint density at radius 3 is 2.67 bits per heavy atom. The quantitative estimate of drug-likeness (QED) is 0.728. The molecule has 1 aromatic heterocycles. The number of ether oxygens (including phenoxy) is 1. The number of oxazole rings is 1. The van der Waals surface area contributed by atoms with Crippen LogP contribution in [0.3, 0.4) is 0 Å². The maximum absolute atomic E-state index is 12.0. The van der Waals surface area contributed by atoms with E-state index in [-0.39, 0.29) is 5.91 Å². The molecule has 0 fully saturated rings. The normalized spacial score (nSPS) is 10.7. The summed E-state index contributed by atoms with van der Waals surface area (Å²) in [5.41, 5.74) is 2.91. The number of aromatic amines is 1. The number of fused-ring (bicyclic) bond motifs is 1. The minimum Gasteiger partial charge on any atom is -0.494 e. The number of aromatic nitrogens is 1. The second-order valence-corrected chi connectivity index (χ2v) is 5.38. The van der Waals surface area contributed by atoms with E-state index in [1.807, 2.05) is 37.3 Å². The van der Waals surface area contributed by atoms with Gasteiger partial charge in [0.1, 0.15) is 5.75 Å². The summed E-state index contributed by atoms with van der Waals surface area (Å²) >= 11 is 0. The van der Waals surface area contributed by atoms with Crippen molar-refractivity contribution >= 4 is 17.0 Å². The Kier molecular flexibility index (Phi) is 4.65. The van der Waals surface area contributed by atoms with Gasteiger partial charge in [0.15, 0.2) is 5.58 Å². The molecule has 3 rings (SSSR count). The number of hydrogen-bond acceptors (Lipinski definition) is 4. The second-order valence-electron chi connectivity index (χ2n) is 5.38. The molecule has 0 atom stereocenters. The molecule has 2 aromatic carbocycles. The zero-order chi connectivity index (χ0) is 16.9. The van der Waals surface area contributed by atoms with Crippen LogP contribution in [-0.2, 0) is 17.8 Å². The molecule has 6 heteroatoms. The first-order valence-corrected chi connectivity index (χ1v) is 7.74. The van der Waals surface area contributed by atoms with Gasteiger partial charge in [0.2, 0.25) is 5.91 Å². The van der Waals surface area contributed by atoms with E-state index in [1.54, 1.807) is 12.1 Å². The van der Waals surface area contributed by atoms with Crippen LogP contribution >= 0.6 is 0 Å². The first-order chi connectivity index (χ1) is 11.6. The zero-order valence-electron chi connectivity index (χ0n) is 13.3. The van der Waals surface area contributed by atoms with Gasteiger partial charge < -0.3 is 14.5 Å². The first kappa shape index (κ1) is 15.9. The van der Waals surface area contributed by atoms with E-state index in [0.717, 1.165) is 16.9 Å². The Bertz CT molecular complexity index is 893.